The van der Waals surface area contributed by atoms with Crippen LogP contribution in [0.4, 0.5) is 5.69 Å². The number of amides is 1. The molecule has 0 fully saturated rings. The highest BCUT2D eigenvalue weighted by molar-refractivity contribution is 5.93. The number of hydrogen-bond acceptors (Lipinski definition) is 6. The van der Waals surface area contributed by atoms with E-state index >= 15 is 0 Å². The number of carbonyl (C=O) groups is 1. The molecule has 0 aliphatic carbocycles. The highest BCUT2D eigenvalue weighted by Gasteiger charge is 2.10. The Labute approximate surface area is 173 Å². The third kappa shape index (κ3) is 4.15. The second kappa shape index (κ2) is 8.75. The summed E-state index contributed by atoms with van der Waals surface area (Å²) in [6.45, 7) is 3.08. The molecule has 0 unspecified atom stereocenters. The minimum atomic E-state index is -0.253. The zero-order valence-electron chi connectivity index (χ0n) is 16.8. The molecule has 0 aliphatic rings. The number of hydrogen-bond donors (Lipinski definition) is 1. The quantitative estimate of drug-likeness (QED) is 0.483. The summed E-state index contributed by atoms with van der Waals surface area (Å²) in [6.07, 6.45) is 1.99. The van der Waals surface area contributed by atoms with Crippen LogP contribution in [0.2, 0.25) is 0 Å². The molecule has 1 amide bonds. The lowest BCUT2D eigenvalue weighted by atomic mass is 10.2. The summed E-state index contributed by atoms with van der Waals surface area (Å²) in [6, 6.07) is 15.1. The molecule has 0 bridgehead atoms. The summed E-state index contributed by atoms with van der Waals surface area (Å²) >= 11 is 0. The summed E-state index contributed by atoms with van der Waals surface area (Å²) in [5.41, 5.74) is 2.44. The topological polar surface area (TPSA) is 96.1 Å². The van der Waals surface area contributed by atoms with Crippen LogP contribution >= 0.6 is 0 Å². The second-order valence-corrected chi connectivity index (χ2v) is 6.72. The molecule has 2 heterocycles. The van der Waals surface area contributed by atoms with Crippen molar-refractivity contribution in [3.8, 4) is 11.4 Å². The predicted molar refractivity (Wildman–Crippen MR) is 112 cm³/mol. The highest BCUT2D eigenvalue weighted by Crippen LogP contribution is 2.26. The van der Waals surface area contributed by atoms with E-state index in [-0.39, 0.29) is 12.5 Å². The standard InChI is InChI=1S/C21H22N6O3/c1-15-23-24-25-27(15)17-6-3-5-16(13-17)22-21(28)14-30-20-8-4-7-19-18(20)9-10-26(19)11-12-29-2/h3-10,13H,11-12,14H2,1-2H3,(H,22,28). The van der Waals surface area contributed by atoms with Crippen LogP contribution in [0.3, 0.4) is 0 Å². The van der Waals surface area contributed by atoms with Crippen molar-refractivity contribution in [2.45, 2.75) is 13.5 Å². The number of rotatable bonds is 8. The number of fused-ring (bicyclic) bond motifs is 1. The van der Waals surface area contributed by atoms with Crippen molar-refractivity contribution in [3.05, 3.63) is 60.6 Å². The fourth-order valence-corrected chi connectivity index (χ4v) is 3.23. The van der Waals surface area contributed by atoms with E-state index in [1.807, 2.05) is 49.5 Å². The van der Waals surface area contributed by atoms with Gasteiger partial charge in [-0.1, -0.05) is 12.1 Å². The number of nitrogens with zero attached hydrogens (tertiary/aromatic N) is 5. The molecule has 0 atom stereocenters. The molecule has 0 spiro atoms. The van der Waals surface area contributed by atoms with Gasteiger partial charge in [-0.15, -0.1) is 5.10 Å². The zero-order chi connectivity index (χ0) is 20.9. The highest BCUT2D eigenvalue weighted by atomic mass is 16.5. The number of tetrazole rings is 1. The minimum absolute atomic E-state index is 0.101. The molecule has 2 aromatic carbocycles. The Morgan fingerprint density at radius 3 is 2.83 bits per heavy atom. The van der Waals surface area contributed by atoms with E-state index in [0.717, 1.165) is 23.1 Å². The molecular formula is C21H22N6O3. The van der Waals surface area contributed by atoms with Crippen molar-refractivity contribution in [2.24, 2.45) is 0 Å². The maximum Gasteiger partial charge on any atom is 0.262 e. The Hall–Kier alpha value is -3.72. The van der Waals surface area contributed by atoms with Gasteiger partial charge in [-0.05, 0) is 53.7 Å². The maximum atomic E-state index is 12.4. The molecule has 0 saturated carbocycles. The fraction of sp³-hybridized carbons (Fsp3) is 0.238. The molecule has 4 rings (SSSR count). The van der Waals surface area contributed by atoms with Crippen molar-refractivity contribution >= 4 is 22.5 Å². The third-order valence-electron chi connectivity index (χ3n) is 4.67. The summed E-state index contributed by atoms with van der Waals surface area (Å²) in [5, 5.41) is 15.3. The lowest BCUT2D eigenvalue weighted by Crippen LogP contribution is -2.20. The third-order valence-corrected chi connectivity index (χ3v) is 4.67. The number of benzene rings is 2. The number of aromatic nitrogens is 5. The van der Waals surface area contributed by atoms with E-state index in [9.17, 15) is 4.79 Å². The maximum absolute atomic E-state index is 12.4. The second-order valence-electron chi connectivity index (χ2n) is 6.72. The molecule has 0 saturated heterocycles. The van der Waals surface area contributed by atoms with Crippen LogP contribution < -0.4 is 10.1 Å². The Morgan fingerprint density at radius 1 is 1.17 bits per heavy atom. The van der Waals surface area contributed by atoms with Gasteiger partial charge < -0.3 is 19.4 Å². The number of ether oxygens (including phenoxy) is 2. The van der Waals surface area contributed by atoms with E-state index in [1.54, 1.807) is 23.9 Å². The summed E-state index contributed by atoms with van der Waals surface area (Å²) in [4.78, 5) is 12.4. The Kier molecular flexibility index (Phi) is 5.71. The van der Waals surface area contributed by atoms with Crippen LogP contribution in [-0.4, -0.2) is 51.0 Å². The first-order valence-electron chi connectivity index (χ1n) is 9.50. The molecule has 4 aromatic rings. The predicted octanol–water partition coefficient (Wildman–Crippen LogP) is 2.59. The molecule has 0 aliphatic heterocycles. The largest absolute Gasteiger partial charge is 0.483 e. The molecule has 9 nitrogen and oxygen atoms in total. The molecule has 2 aromatic heterocycles. The van der Waals surface area contributed by atoms with Crippen LogP contribution in [-0.2, 0) is 16.1 Å². The molecule has 9 heteroatoms. The van der Waals surface area contributed by atoms with Gasteiger partial charge in [0.1, 0.15) is 5.75 Å². The first-order chi connectivity index (χ1) is 14.7. The van der Waals surface area contributed by atoms with Gasteiger partial charge in [0.05, 0.1) is 17.8 Å². The average Bonchev–Trinajstić information content (AvgIpc) is 3.37. The number of anilines is 1. The summed E-state index contributed by atoms with van der Waals surface area (Å²) in [7, 11) is 1.68. The molecule has 154 valence electrons. The van der Waals surface area contributed by atoms with Crippen LogP contribution in [0.1, 0.15) is 5.82 Å². The van der Waals surface area contributed by atoms with Crippen molar-refractivity contribution < 1.29 is 14.3 Å². The van der Waals surface area contributed by atoms with Gasteiger partial charge >= 0.3 is 0 Å². The van der Waals surface area contributed by atoms with Crippen LogP contribution in [0.15, 0.2) is 54.7 Å². The van der Waals surface area contributed by atoms with Gasteiger partial charge in [-0.2, -0.15) is 4.68 Å². The van der Waals surface area contributed by atoms with E-state index in [4.69, 9.17) is 9.47 Å². The smallest absolute Gasteiger partial charge is 0.262 e. The normalized spacial score (nSPS) is 11.0. The number of aryl methyl sites for hydroxylation is 1. The van der Waals surface area contributed by atoms with E-state index in [1.165, 1.54) is 0 Å². The van der Waals surface area contributed by atoms with E-state index in [2.05, 4.69) is 25.4 Å². The zero-order valence-corrected chi connectivity index (χ0v) is 16.8. The van der Waals surface area contributed by atoms with Gasteiger partial charge in [0.15, 0.2) is 12.4 Å². The Balaban J connectivity index is 1.42. The fourth-order valence-electron chi connectivity index (χ4n) is 3.23. The Bertz CT molecular complexity index is 1170. The molecular weight excluding hydrogens is 384 g/mol. The minimum Gasteiger partial charge on any atom is -0.483 e. The van der Waals surface area contributed by atoms with Gasteiger partial charge in [0, 0.05) is 30.9 Å². The first kappa shape index (κ1) is 19.6. The van der Waals surface area contributed by atoms with Crippen molar-refractivity contribution in [1.82, 2.24) is 24.8 Å². The SMILES string of the molecule is COCCn1ccc2c(OCC(=O)Nc3cccc(-n4nnnc4C)c3)cccc21. The van der Waals surface area contributed by atoms with Crippen molar-refractivity contribution in [3.63, 3.8) is 0 Å². The number of nitrogens with one attached hydrogen (secondary N) is 1. The van der Waals surface area contributed by atoms with Crippen LogP contribution in [0, 0.1) is 6.92 Å². The Morgan fingerprint density at radius 2 is 2.03 bits per heavy atom. The van der Waals surface area contributed by atoms with E-state index < -0.39 is 0 Å². The van der Waals surface area contributed by atoms with Gasteiger partial charge in [0.25, 0.3) is 5.91 Å². The molecule has 0 radical (unpaired) electrons. The summed E-state index contributed by atoms with van der Waals surface area (Å²) < 4.78 is 14.6. The molecule has 30 heavy (non-hydrogen) atoms. The summed E-state index contributed by atoms with van der Waals surface area (Å²) in [5.74, 6) is 1.07. The van der Waals surface area contributed by atoms with Crippen LogP contribution in [0.25, 0.3) is 16.6 Å². The number of methoxy groups -OCH3 is 1. The first-order valence-corrected chi connectivity index (χ1v) is 9.50. The molecule has 1 N–H and O–H groups in total. The number of carbonyl (C=O) groups excluding carboxylic acids is 1. The van der Waals surface area contributed by atoms with Crippen LogP contribution in [0.5, 0.6) is 5.75 Å². The van der Waals surface area contributed by atoms with Crippen molar-refractivity contribution in [2.75, 3.05) is 25.6 Å². The van der Waals surface area contributed by atoms with Gasteiger partial charge in [-0.25, -0.2) is 0 Å². The van der Waals surface area contributed by atoms with Gasteiger partial charge in [0.2, 0.25) is 0 Å². The average molecular weight is 406 g/mol. The van der Waals surface area contributed by atoms with Crippen molar-refractivity contribution in [1.29, 1.82) is 0 Å². The lowest BCUT2D eigenvalue weighted by molar-refractivity contribution is -0.118. The monoisotopic (exact) mass is 406 g/mol. The van der Waals surface area contributed by atoms with E-state index in [0.29, 0.717) is 23.9 Å². The lowest BCUT2D eigenvalue weighted by Gasteiger charge is -2.10. The van der Waals surface area contributed by atoms with Gasteiger partial charge in [-0.3, -0.25) is 4.79 Å².